The van der Waals surface area contributed by atoms with Gasteiger partial charge in [0, 0.05) is 13.1 Å². The largest absolute Gasteiger partial charge is 0.453 e. The molecule has 0 heterocycles. The van der Waals surface area contributed by atoms with Crippen molar-refractivity contribution >= 4 is 16.6 Å². The molecule has 0 aromatic rings. The van der Waals surface area contributed by atoms with Crippen LogP contribution in [0.4, 0.5) is 0 Å². The molecule has 0 amide bonds. The van der Waals surface area contributed by atoms with Crippen molar-refractivity contribution in [1.29, 1.82) is 0 Å². The van der Waals surface area contributed by atoms with Crippen molar-refractivity contribution in [3.8, 4) is 0 Å². The first kappa shape index (κ1) is 17.2. The molecule has 0 atom stereocenters. The maximum absolute atomic E-state index is 6.26. The van der Waals surface area contributed by atoms with Gasteiger partial charge in [0.15, 0.2) is 16.6 Å². The second-order valence-electron chi connectivity index (χ2n) is 5.30. The molecular weight excluding hydrogens is 252 g/mol. The van der Waals surface area contributed by atoms with Gasteiger partial charge in [-0.25, -0.2) is 0 Å². The fourth-order valence-electron chi connectivity index (χ4n) is 1.61. The minimum Gasteiger partial charge on any atom is -0.453 e. The van der Waals surface area contributed by atoms with Crippen LogP contribution in [0.2, 0.25) is 26.2 Å². The predicted octanol–water partition coefficient (Wildman–Crippen LogP) is 0.442. The van der Waals surface area contributed by atoms with Crippen LogP contribution in [0, 0.1) is 0 Å². The minimum absolute atomic E-state index is 0.560. The summed E-state index contributed by atoms with van der Waals surface area (Å²) in [6.45, 7) is 11.0. The van der Waals surface area contributed by atoms with Crippen LogP contribution >= 0.6 is 0 Å². The zero-order valence-corrected chi connectivity index (χ0v) is 13.6. The Morgan fingerprint density at radius 3 is 1.41 bits per heavy atom. The van der Waals surface area contributed by atoms with Crippen molar-refractivity contribution in [3.05, 3.63) is 0 Å². The SMILES string of the molecule is C[Si](C)(COCCN)O[Si](C)(C)COCCN. The van der Waals surface area contributed by atoms with Gasteiger partial charge in [-0.2, -0.15) is 0 Å². The molecular formula is C10H28N2O3Si2. The zero-order chi connectivity index (χ0) is 13.4. The maximum atomic E-state index is 6.26. The molecule has 4 N–H and O–H groups in total. The minimum atomic E-state index is -1.76. The summed E-state index contributed by atoms with van der Waals surface area (Å²) in [5, 5.41) is 0. The van der Waals surface area contributed by atoms with Crippen LogP contribution in [-0.4, -0.2) is 55.4 Å². The molecule has 0 saturated heterocycles. The van der Waals surface area contributed by atoms with Crippen LogP contribution in [0.15, 0.2) is 0 Å². The number of rotatable bonds is 10. The molecule has 0 saturated carbocycles. The molecule has 0 fully saturated rings. The number of hydrogen-bond donors (Lipinski definition) is 2. The van der Waals surface area contributed by atoms with Gasteiger partial charge in [-0.1, -0.05) is 0 Å². The third-order valence-corrected chi connectivity index (χ3v) is 8.20. The van der Waals surface area contributed by atoms with Crippen molar-refractivity contribution in [1.82, 2.24) is 0 Å². The second kappa shape index (κ2) is 8.36. The second-order valence-corrected chi connectivity index (χ2v) is 13.7. The summed E-state index contributed by atoms with van der Waals surface area (Å²) in [6.07, 6.45) is 1.38. The van der Waals surface area contributed by atoms with Crippen molar-refractivity contribution in [2.24, 2.45) is 11.5 Å². The van der Waals surface area contributed by atoms with Crippen LogP contribution < -0.4 is 11.5 Å². The molecule has 0 unspecified atom stereocenters. The summed E-state index contributed by atoms with van der Waals surface area (Å²) in [6, 6.07) is 0. The van der Waals surface area contributed by atoms with Crippen LogP contribution in [0.25, 0.3) is 0 Å². The predicted molar refractivity (Wildman–Crippen MR) is 75.8 cm³/mol. The number of hydrogen-bond acceptors (Lipinski definition) is 5. The van der Waals surface area contributed by atoms with Crippen molar-refractivity contribution < 1.29 is 13.6 Å². The van der Waals surface area contributed by atoms with Gasteiger partial charge in [0.1, 0.15) is 0 Å². The van der Waals surface area contributed by atoms with E-state index in [1.165, 1.54) is 0 Å². The Hall–Kier alpha value is 0.234. The molecule has 0 spiro atoms. The van der Waals surface area contributed by atoms with Crippen LogP contribution in [0.1, 0.15) is 0 Å². The molecule has 7 heteroatoms. The third-order valence-electron chi connectivity index (χ3n) is 1.98. The maximum Gasteiger partial charge on any atom is 0.199 e. The number of nitrogens with two attached hydrogens (primary N) is 2. The van der Waals surface area contributed by atoms with Gasteiger partial charge in [-0.3, -0.25) is 0 Å². The fourth-order valence-corrected chi connectivity index (χ4v) is 9.34. The Morgan fingerprint density at radius 2 is 1.12 bits per heavy atom. The Morgan fingerprint density at radius 1 is 0.765 bits per heavy atom. The summed E-state index contributed by atoms with van der Waals surface area (Å²) in [7, 11) is -3.53. The van der Waals surface area contributed by atoms with E-state index in [9.17, 15) is 0 Å². The summed E-state index contributed by atoms with van der Waals surface area (Å²) in [5.74, 6) is 0. The van der Waals surface area contributed by atoms with Gasteiger partial charge in [-0.15, -0.1) is 0 Å². The van der Waals surface area contributed by atoms with E-state index in [1.54, 1.807) is 0 Å². The lowest BCUT2D eigenvalue weighted by Gasteiger charge is -2.33. The van der Waals surface area contributed by atoms with E-state index in [-0.39, 0.29) is 0 Å². The first-order valence-electron chi connectivity index (χ1n) is 6.09. The van der Waals surface area contributed by atoms with Gasteiger partial charge < -0.3 is 25.1 Å². The van der Waals surface area contributed by atoms with E-state index < -0.39 is 16.6 Å². The van der Waals surface area contributed by atoms with Gasteiger partial charge in [0.2, 0.25) is 0 Å². The number of ether oxygens (including phenoxy) is 2. The van der Waals surface area contributed by atoms with Gasteiger partial charge in [0.05, 0.1) is 25.7 Å². The van der Waals surface area contributed by atoms with Gasteiger partial charge in [-0.05, 0) is 26.2 Å². The standard InChI is InChI=1S/C10H28N2O3Si2/c1-16(2,9-13-7-5-11)15-17(3,4)10-14-8-6-12/h5-12H2,1-4H3. The summed E-state index contributed by atoms with van der Waals surface area (Å²) < 4.78 is 17.2. The van der Waals surface area contributed by atoms with E-state index in [2.05, 4.69) is 26.2 Å². The van der Waals surface area contributed by atoms with Crippen molar-refractivity contribution in [2.75, 3.05) is 38.8 Å². The molecule has 0 aromatic carbocycles. The Labute approximate surface area is 107 Å². The zero-order valence-electron chi connectivity index (χ0n) is 11.6. The summed E-state index contributed by atoms with van der Waals surface area (Å²) >= 11 is 0. The smallest absolute Gasteiger partial charge is 0.199 e. The summed E-state index contributed by atoms with van der Waals surface area (Å²) in [4.78, 5) is 0. The van der Waals surface area contributed by atoms with E-state index in [0.29, 0.717) is 38.8 Å². The molecule has 0 aliphatic rings. The first-order valence-corrected chi connectivity index (χ1v) is 12.3. The first-order chi connectivity index (χ1) is 7.83. The monoisotopic (exact) mass is 280 g/mol. The molecule has 0 rings (SSSR count). The van der Waals surface area contributed by atoms with Crippen LogP contribution in [0.5, 0.6) is 0 Å². The quantitative estimate of drug-likeness (QED) is 0.448. The van der Waals surface area contributed by atoms with Gasteiger partial charge >= 0.3 is 0 Å². The molecule has 17 heavy (non-hydrogen) atoms. The lowest BCUT2D eigenvalue weighted by molar-refractivity contribution is 0.162. The van der Waals surface area contributed by atoms with Crippen molar-refractivity contribution in [2.45, 2.75) is 26.2 Å². The highest BCUT2D eigenvalue weighted by Gasteiger charge is 2.33. The van der Waals surface area contributed by atoms with Crippen LogP contribution in [-0.2, 0) is 13.6 Å². The normalized spacial score (nSPS) is 13.1. The van der Waals surface area contributed by atoms with E-state index >= 15 is 0 Å². The fraction of sp³-hybridized carbons (Fsp3) is 1.00. The molecule has 5 nitrogen and oxygen atoms in total. The average molecular weight is 281 g/mol. The van der Waals surface area contributed by atoms with Gasteiger partial charge in [0.25, 0.3) is 0 Å². The molecule has 0 aromatic heterocycles. The van der Waals surface area contributed by atoms with E-state index in [1.807, 2.05) is 0 Å². The lowest BCUT2D eigenvalue weighted by Crippen LogP contribution is -2.50. The topological polar surface area (TPSA) is 79.7 Å². The van der Waals surface area contributed by atoms with Crippen LogP contribution in [0.3, 0.4) is 0 Å². The highest BCUT2D eigenvalue weighted by Crippen LogP contribution is 2.15. The van der Waals surface area contributed by atoms with E-state index in [4.69, 9.17) is 25.1 Å². The highest BCUT2D eigenvalue weighted by molar-refractivity contribution is 6.84. The molecule has 104 valence electrons. The highest BCUT2D eigenvalue weighted by atomic mass is 28.4. The average Bonchev–Trinajstić information content (AvgIpc) is 2.16. The van der Waals surface area contributed by atoms with E-state index in [0.717, 1.165) is 0 Å². The van der Waals surface area contributed by atoms with Crippen molar-refractivity contribution in [3.63, 3.8) is 0 Å². The Balaban J connectivity index is 3.99. The Bertz CT molecular complexity index is 184. The molecule has 0 aliphatic carbocycles. The molecule has 0 aliphatic heterocycles. The molecule has 0 radical (unpaired) electrons. The lowest BCUT2D eigenvalue weighted by atomic mass is 10.7. The molecule has 0 bridgehead atoms. The third kappa shape index (κ3) is 9.89. The summed E-state index contributed by atoms with van der Waals surface area (Å²) in [5.41, 5.74) is 10.8. The Kier molecular flexibility index (Phi) is 8.47.